The molecule has 2 aromatic rings. The Labute approximate surface area is 191 Å². The van der Waals surface area contributed by atoms with Crippen molar-refractivity contribution in [1.82, 2.24) is 15.1 Å². The molecule has 2 heterocycles. The minimum absolute atomic E-state index is 0.205. The molecule has 172 valence electrons. The topological polar surface area (TPSA) is 58.6 Å². The van der Waals surface area contributed by atoms with Gasteiger partial charge in [-0.1, -0.05) is 36.4 Å². The van der Waals surface area contributed by atoms with Gasteiger partial charge in [0.15, 0.2) is 17.5 Å². The van der Waals surface area contributed by atoms with Crippen molar-refractivity contribution in [3.8, 4) is 11.5 Å². The van der Waals surface area contributed by atoms with Crippen LogP contribution in [0.15, 0.2) is 53.5 Å². The van der Waals surface area contributed by atoms with E-state index in [2.05, 4.69) is 56.5 Å². The summed E-state index contributed by atoms with van der Waals surface area (Å²) in [4.78, 5) is 9.40. The van der Waals surface area contributed by atoms with Gasteiger partial charge in [0.25, 0.3) is 0 Å². The van der Waals surface area contributed by atoms with Crippen molar-refractivity contribution < 1.29 is 14.2 Å². The van der Waals surface area contributed by atoms with Crippen LogP contribution >= 0.6 is 0 Å². The molecule has 2 unspecified atom stereocenters. The first-order valence-corrected chi connectivity index (χ1v) is 11.4. The van der Waals surface area contributed by atoms with Crippen LogP contribution in [-0.4, -0.2) is 74.9 Å². The largest absolute Gasteiger partial charge is 0.493 e. The van der Waals surface area contributed by atoms with Gasteiger partial charge in [-0.05, 0) is 30.2 Å². The average Bonchev–Trinajstić information content (AvgIpc) is 3.26. The molecule has 2 aromatic carbocycles. The lowest BCUT2D eigenvalue weighted by atomic mass is 10.1. The van der Waals surface area contributed by atoms with Crippen LogP contribution < -0.4 is 14.8 Å². The second kappa shape index (κ2) is 10.7. The van der Waals surface area contributed by atoms with Crippen molar-refractivity contribution in [3.63, 3.8) is 0 Å². The van der Waals surface area contributed by atoms with Gasteiger partial charge >= 0.3 is 0 Å². The zero-order valence-electron chi connectivity index (χ0n) is 19.3. The number of benzene rings is 2. The Bertz CT molecular complexity index is 905. The molecule has 2 aliphatic heterocycles. The molecule has 32 heavy (non-hydrogen) atoms. The van der Waals surface area contributed by atoms with Crippen molar-refractivity contribution in [2.45, 2.75) is 32.2 Å². The van der Waals surface area contributed by atoms with Crippen LogP contribution in [0.25, 0.3) is 0 Å². The Morgan fingerprint density at radius 2 is 1.97 bits per heavy atom. The molecule has 7 heteroatoms. The van der Waals surface area contributed by atoms with E-state index in [1.54, 1.807) is 7.11 Å². The molecular formula is C25H34N4O3. The predicted molar refractivity (Wildman–Crippen MR) is 126 cm³/mol. The van der Waals surface area contributed by atoms with Crippen molar-refractivity contribution in [2.24, 2.45) is 4.99 Å². The second-order valence-electron chi connectivity index (χ2n) is 8.16. The Morgan fingerprint density at radius 3 is 2.72 bits per heavy atom. The number of nitrogens with one attached hydrogen (secondary N) is 1. The molecule has 0 radical (unpaired) electrons. The molecule has 4 rings (SSSR count). The lowest BCUT2D eigenvalue weighted by Gasteiger charge is -2.36. The van der Waals surface area contributed by atoms with Crippen LogP contribution in [-0.2, 0) is 17.8 Å². The molecule has 7 nitrogen and oxygen atoms in total. The summed E-state index contributed by atoms with van der Waals surface area (Å²) in [6, 6.07) is 17.1. The minimum atomic E-state index is 0.205. The molecule has 2 fully saturated rings. The number of hydrogen-bond acceptors (Lipinski definition) is 5. The smallest absolute Gasteiger partial charge is 0.194 e. The standard InChI is InChI=1S/C25H34N4O3/c1-4-31-22-11-10-20(14-23(22)30-3)15-27-25(26-2)29-17-21-24(18-29)32-13-12-28(21)16-19-8-6-5-7-9-19/h5-11,14,21,24H,4,12-13,15-18H2,1-3H3,(H,26,27). The van der Waals surface area contributed by atoms with E-state index >= 15 is 0 Å². The van der Waals surface area contributed by atoms with Gasteiger partial charge in [0.2, 0.25) is 0 Å². The number of nitrogens with zero attached hydrogens (tertiary/aromatic N) is 3. The first-order chi connectivity index (χ1) is 15.7. The van der Waals surface area contributed by atoms with E-state index in [9.17, 15) is 0 Å². The van der Waals surface area contributed by atoms with Gasteiger partial charge in [-0.2, -0.15) is 0 Å². The molecule has 0 aromatic heterocycles. The van der Waals surface area contributed by atoms with Gasteiger partial charge in [-0.25, -0.2) is 0 Å². The molecule has 0 saturated carbocycles. The summed E-state index contributed by atoms with van der Waals surface area (Å²) in [6.07, 6.45) is 0.205. The predicted octanol–water partition coefficient (Wildman–Crippen LogP) is 2.75. The lowest BCUT2D eigenvalue weighted by molar-refractivity contribution is -0.0502. The summed E-state index contributed by atoms with van der Waals surface area (Å²) in [7, 11) is 3.51. The monoisotopic (exact) mass is 438 g/mol. The molecule has 2 aliphatic rings. The molecule has 2 atom stereocenters. The third kappa shape index (κ3) is 5.16. The fourth-order valence-electron chi connectivity index (χ4n) is 4.56. The zero-order chi connectivity index (χ0) is 22.3. The van der Waals surface area contributed by atoms with Crippen molar-refractivity contribution >= 4 is 5.96 Å². The summed E-state index contributed by atoms with van der Waals surface area (Å²) in [6.45, 7) is 7.69. The second-order valence-corrected chi connectivity index (χ2v) is 8.16. The van der Waals surface area contributed by atoms with E-state index in [0.29, 0.717) is 19.2 Å². The van der Waals surface area contributed by atoms with Crippen LogP contribution in [0, 0.1) is 0 Å². The molecule has 1 N–H and O–H groups in total. The fourth-order valence-corrected chi connectivity index (χ4v) is 4.56. The summed E-state index contributed by atoms with van der Waals surface area (Å²) >= 11 is 0. The van der Waals surface area contributed by atoms with Crippen LogP contribution in [0.4, 0.5) is 0 Å². The third-order valence-electron chi connectivity index (χ3n) is 6.13. The van der Waals surface area contributed by atoms with E-state index in [1.165, 1.54) is 5.56 Å². The van der Waals surface area contributed by atoms with E-state index in [1.807, 2.05) is 26.1 Å². The third-order valence-corrected chi connectivity index (χ3v) is 6.13. The number of likely N-dealkylation sites (tertiary alicyclic amines) is 1. The molecule has 0 amide bonds. The van der Waals surface area contributed by atoms with Gasteiger partial charge < -0.3 is 24.4 Å². The highest BCUT2D eigenvalue weighted by Crippen LogP contribution is 2.28. The maximum atomic E-state index is 6.13. The number of rotatable bonds is 7. The Kier molecular flexibility index (Phi) is 7.50. The fraction of sp³-hybridized carbons (Fsp3) is 0.480. The molecular weight excluding hydrogens is 404 g/mol. The maximum absolute atomic E-state index is 6.13. The number of hydrogen-bond donors (Lipinski definition) is 1. The van der Waals surface area contributed by atoms with E-state index in [4.69, 9.17) is 14.2 Å². The number of methoxy groups -OCH3 is 1. The normalized spacial score (nSPS) is 21.3. The number of ether oxygens (including phenoxy) is 3. The Balaban J connectivity index is 1.38. The van der Waals surface area contributed by atoms with Crippen LogP contribution in [0.1, 0.15) is 18.1 Å². The van der Waals surface area contributed by atoms with Gasteiger partial charge in [-0.15, -0.1) is 0 Å². The highest BCUT2D eigenvalue weighted by atomic mass is 16.5. The van der Waals surface area contributed by atoms with Crippen molar-refractivity contribution in [3.05, 3.63) is 59.7 Å². The van der Waals surface area contributed by atoms with Gasteiger partial charge in [0.1, 0.15) is 0 Å². The number of morpholine rings is 1. The first kappa shape index (κ1) is 22.4. The highest BCUT2D eigenvalue weighted by molar-refractivity contribution is 5.80. The van der Waals surface area contributed by atoms with Gasteiger partial charge in [-0.3, -0.25) is 9.89 Å². The maximum Gasteiger partial charge on any atom is 0.194 e. The zero-order valence-corrected chi connectivity index (χ0v) is 19.3. The van der Waals surface area contributed by atoms with E-state index < -0.39 is 0 Å². The quantitative estimate of drug-likeness (QED) is 0.530. The highest BCUT2D eigenvalue weighted by Gasteiger charge is 2.41. The Hall–Kier alpha value is -2.77. The first-order valence-electron chi connectivity index (χ1n) is 11.4. The number of aliphatic imine (C=N–C) groups is 1. The molecule has 0 spiro atoms. The average molecular weight is 439 g/mol. The van der Waals surface area contributed by atoms with Crippen molar-refractivity contribution in [2.75, 3.05) is 47.0 Å². The summed E-state index contributed by atoms with van der Waals surface area (Å²) < 4.78 is 17.2. The SMILES string of the molecule is CCOc1ccc(CNC(=NC)N2CC3OCCN(Cc4ccccc4)C3C2)cc1OC. The van der Waals surface area contributed by atoms with E-state index in [-0.39, 0.29) is 6.10 Å². The van der Waals surface area contributed by atoms with Crippen LogP contribution in [0.5, 0.6) is 11.5 Å². The number of guanidine groups is 1. The van der Waals surface area contributed by atoms with E-state index in [0.717, 1.165) is 55.8 Å². The molecule has 0 bridgehead atoms. The lowest BCUT2D eigenvalue weighted by Crippen LogP contribution is -2.50. The van der Waals surface area contributed by atoms with Crippen LogP contribution in [0.3, 0.4) is 0 Å². The Morgan fingerprint density at radius 1 is 1.12 bits per heavy atom. The van der Waals surface area contributed by atoms with Crippen LogP contribution in [0.2, 0.25) is 0 Å². The summed E-state index contributed by atoms with van der Waals surface area (Å²) in [5.74, 6) is 2.41. The molecule has 0 aliphatic carbocycles. The number of fused-ring (bicyclic) bond motifs is 1. The minimum Gasteiger partial charge on any atom is -0.493 e. The van der Waals surface area contributed by atoms with Gasteiger partial charge in [0.05, 0.1) is 32.5 Å². The summed E-state index contributed by atoms with van der Waals surface area (Å²) in [5.41, 5.74) is 2.46. The molecule has 2 saturated heterocycles. The van der Waals surface area contributed by atoms with Gasteiger partial charge in [0, 0.05) is 39.8 Å². The summed E-state index contributed by atoms with van der Waals surface area (Å²) in [5, 5.41) is 3.51. The van der Waals surface area contributed by atoms with Crippen molar-refractivity contribution in [1.29, 1.82) is 0 Å².